The molecule has 0 unspecified atom stereocenters. The summed E-state index contributed by atoms with van der Waals surface area (Å²) in [7, 11) is 0. The Bertz CT molecular complexity index is 103. The van der Waals surface area contributed by atoms with Crippen LogP contribution in [0.3, 0.4) is 0 Å². The third-order valence-electron chi connectivity index (χ3n) is 0.295. The van der Waals surface area contributed by atoms with E-state index in [2.05, 4.69) is 0 Å². The summed E-state index contributed by atoms with van der Waals surface area (Å²) in [5.41, 5.74) is 0. The highest BCUT2D eigenvalue weighted by atomic mass is 14.3. The van der Waals surface area contributed by atoms with Crippen LogP contribution >= 0.6 is 0 Å². The van der Waals surface area contributed by atoms with Crippen LogP contribution in [0.2, 0.25) is 0 Å². The van der Waals surface area contributed by atoms with Crippen LogP contribution in [0.5, 0.6) is 0 Å². The highest BCUT2D eigenvalue weighted by Crippen LogP contribution is 1.66. The van der Waals surface area contributed by atoms with Crippen molar-refractivity contribution in [1.29, 1.82) is 10.7 Å². The number of rotatable bonds is 1. The predicted molar refractivity (Wildman–Crippen MR) is 22.5 cm³/mol. The normalized spacial score (nSPS) is 5.17. The van der Waals surface area contributed by atoms with Gasteiger partial charge in [-0.1, -0.05) is 0 Å². The van der Waals surface area contributed by atoms with Crippen molar-refractivity contribution in [2.45, 2.75) is 6.42 Å². The zero-order valence-electron chi connectivity index (χ0n) is 3.23. The summed E-state index contributed by atoms with van der Waals surface area (Å²) < 4.78 is 0. The summed E-state index contributed by atoms with van der Waals surface area (Å²) in [5.74, 6) is 1.97. The van der Waals surface area contributed by atoms with E-state index in [0.29, 0.717) is 6.42 Å². The molecule has 1 N–H and O–H groups in total. The number of nitrogens with zero attached hydrogens (tertiary/aromatic N) is 1. The largest absolute Gasteiger partial charge is 0.259 e. The van der Waals surface area contributed by atoms with Gasteiger partial charge in [-0.2, -0.15) is 5.26 Å². The first-order valence-corrected chi connectivity index (χ1v) is 1.52. The van der Waals surface area contributed by atoms with Crippen molar-refractivity contribution >= 4 is 5.87 Å². The standard InChI is InChI=1S/C4H4N2/c5-3-1-2-4-6/h1,5H,2H2. The van der Waals surface area contributed by atoms with Gasteiger partial charge in [-0.3, -0.25) is 5.41 Å². The zero-order chi connectivity index (χ0) is 4.83. The Morgan fingerprint density at radius 3 is 2.67 bits per heavy atom. The fraction of sp³-hybridized carbons (Fsp3) is 0.250. The van der Waals surface area contributed by atoms with E-state index in [0.717, 1.165) is 0 Å². The minimum Gasteiger partial charge on any atom is -0.259 e. The first-order chi connectivity index (χ1) is 2.91. The van der Waals surface area contributed by atoms with Crippen LogP contribution in [-0.2, 0) is 0 Å². The van der Waals surface area contributed by atoms with Crippen LogP contribution in [0.15, 0.2) is 6.08 Å². The van der Waals surface area contributed by atoms with Gasteiger partial charge in [-0.25, -0.2) is 0 Å². The van der Waals surface area contributed by atoms with Gasteiger partial charge in [0, 0.05) is 0 Å². The van der Waals surface area contributed by atoms with Gasteiger partial charge in [-0.15, -0.1) is 0 Å². The van der Waals surface area contributed by atoms with Gasteiger partial charge < -0.3 is 0 Å². The molecule has 0 aliphatic heterocycles. The van der Waals surface area contributed by atoms with Crippen LogP contribution in [0.25, 0.3) is 0 Å². The van der Waals surface area contributed by atoms with Crippen molar-refractivity contribution in [2.75, 3.05) is 0 Å². The maximum Gasteiger partial charge on any atom is 0.0670 e. The molecular formula is C4H4N2. The monoisotopic (exact) mass is 80.0 g/mol. The van der Waals surface area contributed by atoms with Gasteiger partial charge in [0.1, 0.15) is 0 Å². The van der Waals surface area contributed by atoms with E-state index in [-0.39, 0.29) is 0 Å². The van der Waals surface area contributed by atoms with E-state index >= 15 is 0 Å². The number of nitrogens with one attached hydrogen (secondary N) is 1. The van der Waals surface area contributed by atoms with Crippen molar-refractivity contribution in [3.63, 3.8) is 0 Å². The van der Waals surface area contributed by atoms with Gasteiger partial charge in [0.2, 0.25) is 0 Å². The average Bonchev–Trinajstić information content (AvgIpc) is 1.61. The van der Waals surface area contributed by atoms with Gasteiger partial charge >= 0.3 is 0 Å². The molecule has 0 saturated carbocycles. The first-order valence-electron chi connectivity index (χ1n) is 1.52. The molecule has 0 aromatic rings. The SMILES string of the molecule is N#CCC=C=N. The maximum absolute atomic E-state index is 7.79. The van der Waals surface area contributed by atoms with Gasteiger partial charge in [0.15, 0.2) is 0 Å². The molecule has 0 spiro atoms. The summed E-state index contributed by atoms with van der Waals surface area (Å²) in [5, 5.41) is 14.0. The number of hydrogen-bond donors (Lipinski definition) is 1. The lowest BCUT2D eigenvalue weighted by Crippen LogP contribution is -1.51. The Morgan fingerprint density at radius 2 is 2.50 bits per heavy atom. The second-order valence-corrected chi connectivity index (χ2v) is 0.711. The highest BCUT2D eigenvalue weighted by Gasteiger charge is 1.61. The number of allylic oxidation sites excluding steroid dienone is 1. The number of hydrogen-bond acceptors (Lipinski definition) is 2. The Balaban J connectivity index is 3.16. The van der Waals surface area contributed by atoms with Crippen LogP contribution in [0.4, 0.5) is 0 Å². The molecular weight excluding hydrogens is 76.1 g/mol. The minimum absolute atomic E-state index is 0.295. The molecule has 0 rings (SSSR count). The molecule has 0 saturated heterocycles. The van der Waals surface area contributed by atoms with Crippen molar-refractivity contribution in [1.82, 2.24) is 0 Å². The fourth-order valence-electron chi connectivity index (χ4n) is 0.0967. The van der Waals surface area contributed by atoms with Crippen molar-refractivity contribution < 1.29 is 0 Å². The molecule has 0 aliphatic rings. The maximum atomic E-state index is 7.79. The van der Waals surface area contributed by atoms with E-state index in [4.69, 9.17) is 10.7 Å². The second-order valence-electron chi connectivity index (χ2n) is 0.711. The molecule has 0 bridgehead atoms. The van der Waals surface area contributed by atoms with Crippen LogP contribution in [0.1, 0.15) is 6.42 Å². The molecule has 2 heteroatoms. The second kappa shape index (κ2) is 3.94. The molecule has 0 heterocycles. The lowest BCUT2D eigenvalue weighted by Gasteiger charge is -1.56. The minimum atomic E-state index is 0.295. The topological polar surface area (TPSA) is 47.6 Å². The first kappa shape index (κ1) is 4.94. The van der Waals surface area contributed by atoms with Gasteiger partial charge in [-0.05, 0) is 11.9 Å². The molecule has 0 radical (unpaired) electrons. The molecule has 0 atom stereocenters. The molecule has 30 valence electrons. The Kier molecular flexibility index (Phi) is 3.24. The van der Waals surface area contributed by atoms with Gasteiger partial charge in [0.25, 0.3) is 0 Å². The third kappa shape index (κ3) is 2.94. The fourth-order valence-corrected chi connectivity index (χ4v) is 0.0967. The molecule has 6 heavy (non-hydrogen) atoms. The lowest BCUT2D eigenvalue weighted by molar-refractivity contribution is 1.36. The summed E-state index contributed by atoms with van der Waals surface area (Å²) in [4.78, 5) is 0. The highest BCUT2D eigenvalue weighted by molar-refractivity contribution is 5.47. The molecule has 2 nitrogen and oxygen atoms in total. The van der Waals surface area contributed by atoms with Crippen LogP contribution in [-0.4, -0.2) is 5.87 Å². The molecule has 0 aromatic carbocycles. The van der Waals surface area contributed by atoms with E-state index in [1.54, 1.807) is 0 Å². The van der Waals surface area contributed by atoms with E-state index in [1.165, 1.54) is 6.08 Å². The molecule has 0 amide bonds. The van der Waals surface area contributed by atoms with Gasteiger partial charge in [0.05, 0.1) is 12.5 Å². The lowest BCUT2D eigenvalue weighted by atomic mass is 10.5. The summed E-state index contributed by atoms with van der Waals surface area (Å²) in [6.07, 6.45) is 1.66. The molecule has 0 aromatic heterocycles. The van der Waals surface area contributed by atoms with E-state index < -0.39 is 0 Å². The van der Waals surface area contributed by atoms with Crippen molar-refractivity contribution in [2.24, 2.45) is 0 Å². The van der Waals surface area contributed by atoms with E-state index in [9.17, 15) is 0 Å². The number of nitriles is 1. The quantitative estimate of drug-likeness (QED) is 0.463. The van der Waals surface area contributed by atoms with Crippen molar-refractivity contribution in [3.8, 4) is 6.07 Å². The smallest absolute Gasteiger partial charge is 0.0670 e. The molecule has 0 aliphatic carbocycles. The van der Waals surface area contributed by atoms with E-state index in [1.807, 2.05) is 11.9 Å². The van der Waals surface area contributed by atoms with Crippen molar-refractivity contribution in [3.05, 3.63) is 6.08 Å². The zero-order valence-corrected chi connectivity index (χ0v) is 3.23. The summed E-state index contributed by atoms with van der Waals surface area (Å²) in [6, 6.07) is 1.83. The predicted octanol–water partition coefficient (Wildman–Crippen LogP) is 0.705. The summed E-state index contributed by atoms with van der Waals surface area (Å²) in [6.45, 7) is 0. The average molecular weight is 80.1 g/mol. The van der Waals surface area contributed by atoms with Crippen LogP contribution in [0, 0.1) is 16.7 Å². The third-order valence-corrected chi connectivity index (χ3v) is 0.295. The van der Waals surface area contributed by atoms with Crippen LogP contribution < -0.4 is 0 Å². The summed E-state index contributed by atoms with van der Waals surface area (Å²) >= 11 is 0. The Hall–Kier alpha value is -1.06. The Morgan fingerprint density at radius 1 is 1.83 bits per heavy atom. The Labute approximate surface area is 36.2 Å². The molecule has 0 fully saturated rings.